The zero-order valence-electron chi connectivity index (χ0n) is 11.5. The molecule has 1 amide bonds. The number of imidazole rings is 1. The minimum atomic E-state index is -0.230. The van der Waals surface area contributed by atoms with E-state index in [1.165, 1.54) is 0 Å². The quantitative estimate of drug-likeness (QED) is 0.825. The van der Waals surface area contributed by atoms with E-state index in [4.69, 9.17) is 4.74 Å². The molecule has 0 aromatic carbocycles. The van der Waals surface area contributed by atoms with Gasteiger partial charge in [0.05, 0.1) is 12.6 Å². The van der Waals surface area contributed by atoms with E-state index in [1.54, 1.807) is 11.1 Å². The van der Waals surface area contributed by atoms with Gasteiger partial charge in [-0.2, -0.15) is 0 Å². The summed E-state index contributed by atoms with van der Waals surface area (Å²) in [6.07, 6.45) is 3.50. The van der Waals surface area contributed by atoms with Crippen molar-refractivity contribution in [1.29, 1.82) is 0 Å². The van der Waals surface area contributed by atoms with Crippen LogP contribution in [0.2, 0.25) is 0 Å². The van der Waals surface area contributed by atoms with Gasteiger partial charge in [-0.25, -0.2) is 9.78 Å². The average molecular weight is 251 g/mol. The first-order chi connectivity index (χ1) is 8.50. The van der Waals surface area contributed by atoms with Crippen molar-refractivity contribution >= 4 is 6.09 Å². The molecule has 1 aliphatic heterocycles. The fourth-order valence-corrected chi connectivity index (χ4v) is 2.29. The van der Waals surface area contributed by atoms with Gasteiger partial charge < -0.3 is 9.30 Å². The number of hydrogen-bond acceptors (Lipinski definition) is 3. The monoisotopic (exact) mass is 251 g/mol. The molecule has 2 heterocycles. The number of amides is 1. The highest BCUT2D eigenvalue weighted by atomic mass is 16.6. The number of nitrogens with zero attached hydrogens (tertiary/aromatic N) is 3. The number of aromatic nitrogens is 2. The third kappa shape index (κ3) is 2.35. The van der Waals surface area contributed by atoms with Crippen molar-refractivity contribution in [3.05, 3.63) is 18.2 Å². The summed E-state index contributed by atoms with van der Waals surface area (Å²) in [4.78, 5) is 17.9. The lowest BCUT2D eigenvalue weighted by molar-refractivity contribution is 0.153. The lowest BCUT2D eigenvalue weighted by atomic mass is 10.0. The van der Waals surface area contributed by atoms with Crippen molar-refractivity contribution in [3.63, 3.8) is 0 Å². The maximum Gasteiger partial charge on any atom is 0.410 e. The molecule has 5 heteroatoms. The minimum Gasteiger partial charge on any atom is -0.447 e. The second kappa shape index (κ2) is 5.00. The highest BCUT2D eigenvalue weighted by Crippen LogP contribution is 2.22. The van der Waals surface area contributed by atoms with Gasteiger partial charge in [-0.1, -0.05) is 13.8 Å². The molecule has 1 saturated heterocycles. The summed E-state index contributed by atoms with van der Waals surface area (Å²) in [5.74, 6) is 1.30. The molecule has 0 radical (unpaired) electrons. The second-order valence-corrected chi connectivity index (χ2v) is 5.36. The summed E-state index contributed by atoms with van der Waals surface area (Å²) in [5, 5.41) is 0. The number of cyclic esters (lactones) is 1. The zero-order chi connectivity index (χ0) is 13.3. The molecule has 0 saturated carbocycles. The van der Waals surface area contributed by atoms with Crippen LogP contribution in [0, 0.1) is 5.92 Å². The molecule has 1 aromatic heterocycles. The number of hydrogen-bond donors (Lipinski definition) is 0. The van der Waals surface area contributed by atoms with Crippen LogP contribution in [0.15, 0.2) is 12.4 Å². The van der Waals surface area contributed by atoms with Crippen molar-refractivity contribution in [2.75, 3.05) is 6.61 Å². The predicted molar refractivity (Wildman–Crippen MR) is 68.1 cm³/mol. The molecule has 18 heavy (non-hydrogen) atoms. The molecule has 0 unspecified atom stereocenters. The van der Waals surface area contributed by atoms with E-state index in [0.29, 0.717) is 25.1 Å². The Kier molecular flexibility index (Phi) is 3.59. The van der Waals surface area contributed by atoms with Crippen molar-refractivity contribution in [1.82, 2.24) is 14.5 Å². The van der Waals surface area contributed by atoms with Gasteiger partial charge in [0.2, 0.25) is 0 Å². The van der Waals surface area contributed by atoms with E-state index in [2.05, 4.69) is 37.2 Å². The zero-order valence-corrected chi connectivity index (χ0v) is 11.5. The molecular formula is C13H21N3O2. The maximum absolute atomic E-state index is 11.8. The molecule has 1 aliphatic rings. The average Bonchev–Trinajstić information content (AvgIpc) is 2.87. The lowest BCUT2D eigenvalue weighted by Gasteiger charge is -2.24. The Morgan fingerprint density at radius 1 is 1.44 bits per heavy atom. The van der Waals surface area contributed by atoms with Crippen molar-refractivity contribution in [3.8, 4) is 0 Å². The first kappa shape index (κ1) is 12.9. The maximum atomic E-state index is 11.8. The normalized spacial score (nSPS) is 20.0. The third-order valence-corrected chi connectivity index (χ3v) is 3.40. The Hall–Kier alpha value is -1.52. The summed E-state index contributed by atoms with van der Waals surface area (Å²) in [6.45, 7) is 9.43. The van der Waals surface area contributed by atoms with Gasteiger partial charge in [-0.3, -0.25) is 4.90 Å². The molecule has 100 valence electrons. The van der Waals surface area contributed by atoms with Crippen molar-refractivity contribution in [2.45, 2.75) is 46.3 Å². The molecule has 1 aromatic rings. The van der Waals surface area contributed by atoms with Gasteiger partial charge >= 0.3 is 6.09 Å². The van der Waals surface area contributed by atoms with Crippen LogP contribution < -0.4 is 0 Å². The Morgan fingerprint density at radius 3 is 2.78 bits per heavy atom. The predicted octanol–water partition coefficient (Wildman–Crippen LogP) is 2.44. The van der Waals surface area contributed by atoms with Gasteiger partial charge in [0, 0.05) is 18.4 Å². The summed E-state index contributed by atoms with van der Waals surface area (Å²) >= 11 is 0. The lowest BCUT2D eigenvalue weighted by Crippen LogP contribution is -2.37. The van der Waals surface area contributed by atoms with E-state index in [9.17, 15) is 4.79 Å². The molecule has 0 N–H and O–H groups in total. The smallest absolute Gasteiger partial charge is 0.410 e. The highest BCUT2D eigenvalue weighted by Gasteiger charge is 2.35. The van der Waals surface area contributed by atoms with Crippen LogP contribution in [0.5, 0.6) is 0 Å². The molecule has 1 atom stereocenters. The van der Waals surface area contributed by atoms with E-state index in [0.717, 1.165) is 5.82 Å². The van der Waals surface area contributed by atoms with Crippen LogP contribution in [0.4, 0.5) is 4.79 Å². The number of carbonyl (C=O) groups excluding carboxylic acids is 1. The van der Waals surface area contributed by atoms with Crippen molar-refractivity contribution < 1.29 is 9.53 Å². The Morgan fingerprint density at radius 2 is 2.17 bits per heavy atom. The number of ether oxygens (including phenoxy) is 1. The molecular weight excluding hydrogens is 230 g/mol. The van der Waals surface area contributed by atoms with Crippen LogP contribution >= 0.6 is 0 Å². The number of rotatable bonds is 4. The Balaban J connectivity index is 2.16. The molecule has 5 nitrogen and oxygen atoms in total. The minimum absolute atomic E-state index is 0.148. The first-order valence-corrected chi connectivity index (χ1v) is 6.45. The molecule has 2 rings (SSSR count). The third-order valence-electron chi connectivity index (χ3n) is 3.40. The standard InChI is InChI=1S/C13H21N3O2/c1-9(2)11-8-18-13(17)16(11)7-12-14-5-6-15(12)10(3)4/h5-6,9-11H,7-8H2,1-4H3/t11-/m1/s1. The van der Waals surface area contributed by atoms with Gasteiger partial charge in [0.15, 0.2) is 0 Å². The topological polar surface area (TPSA) is 47.4 Å². The largest absolute Gasteiger partial charge is 0.447 e. The highest BCUT2D eigenvalue weighted by molar-refractivity contribution is 5.70. The van der Waals surface area contributed by atoms with Crippen LogP contribution in [0.3, 0.4) is 0 Å². The SMILES string of the molecule is CC(C)[C@H]1COC(=O)N1Cc1nccn1C(C)C. The van der Waals surface area contributed by atoms with E-state index < -0.39 is 0 Å². The fourth-order valence-electron chi connectivity index (χ4n) is 2.29. The second-order valence-electron chi connectivity index (χ2n) is 5.36. The van der Waals surface area contributed by atoms with Crippen LogP contribution in [-0.4, -0.2) is 33.2 Å². The number of carbonyl (C=O) groups is 1. The summed E-state index contributed by atoms with van der Waals surface area (Å²) in [5.41, 5.74) is 0. The summed E-state index contributed by atoms with van der Waals surface area (Å²) in [6, 6.07) is 0.494. The van der Waals surface area contributed by atoms with Gasteiger partial charge in [0.25, 0.3) is 0 Å². The molecule has 0 bridgehead atoms. The Labute approximate surface area is 108 Å². The van der Waals surface area contributed by atoms with E-state index in [1.807, 2.05) is 6.20 Å². The van der Waals surface area contributed by atoms with Crippen LogP contribution in [0.25, 0.3) is 0 Å². The van der Waals surface area contributed by atoms with Crippen LogP contribution in [0.1, 0.15) is 39.6 Å². The summed E-state index contributed by atoms with van der Waals surface area (Å²) in [7, 11) is 0. The first-order valence-electron chi connectivity index (χ1n) is 6.45. The van der Waals surface area contributed by atoms with Crippen molar-refractivity contribution in [2.24, 2.45) is 5.92 Å². The Bertz CT molecular complexity index is 426. The summed E-state index contributed by atoms with van der Waals surface area (Å²) < 4.78 is 7.22. The van der Waals surface area contributed by atoms with Crippen LogP contribution in [-0.2, 0) is 11.3 Å². The fraction of sp³-hybridized carbons (Fsp3) is 0.692. The van der Waals surface area contributed by atoms with Gasteiger partial charge in [-0.05, 0) is 19.8 Å². The van der Waals surface area contributed by atoms with Gasteiger partial charge in [0.1, 0.15) is 12.4 Å². The van der Waals surface area contributed by atoms with E-state index in [-0.39, 0.29) is 12.1 Å². The molecule has 1 fully saturated rings. The molecule has 0 spiro atoms. The van der Waals surface area contributed by atoms with E-state index >= 15 is 0 Å². The molecule has 0 aliphatic carbocycles. The van der Waals surface area contributed by atoms with Gasteiger partial charge in [-0.15, -0.1) is 0 Å².